The van der Waals surface area contributed by atoms with Gasteiger partial charge in [0, 0.05) is 42.0 Å². The number of carbonyl (C=O) groups is 1. The summed E-state index contributed by atoms with van der Waals surface area (Å²) < 4.78 is 6.27. The number of aliphatic hydroxyl groups excluding tert-OH is 1. The standard InChI is InChI=1S/C29H29N3O5/c33-21-6-4-17-11-22-29(36)13-19(27(35)31-18-5-3-16-7-9-30-20(16)12-18)24(34)26-28(29,23(17)25(21)37-26)8-10-32(22)14-15-1-2-15/h3-7,9,12,15,22,26,30,33-34,36H,1-2,8,10-11,13-14H2,(H,31,35)/t22-,26+,28+,29-/m1/s1. The molecule has 3 heterocycles. The summed E-state index contributed by atoms with van der Waals surface area (Å²) in [5.74, 6) is 0.388. The summed E-state index contributed by atoms with van der Waals surface area (Å²) in [4.78, 5) is 19.2. The molecule has 1 spiro atoms. The van der Waals surface area contributed by atoms with E-state index in [2.05, 4.69) is 15.2 Å². The Hall–Kier alpha value is -3.49. The summed E-state index contributed by atoms with van der Waals surface area (Å²) >= 11 is 0. The summed E-state index contributed by atoms with van der Waals surface area (Å²) in [6.07, 6.45) is 4.57. The third kappa shape index (κ3) is 2.72. The first kappa shape index (κ1) is 21.6. The van der Waals surface area contributed by atoms with E-state index in [4.69, 9.17) is 4.74 Å². The summed E-state index contributed by atoms with van der Waals surface area (Å²) in [5.41, 5.74) is 1.27. The summed E-state index contributed by atoms with van der Waals surface area (Å²) in [6.45, 7) is 1.71. The number of nitrogens with zero attached hydrogens (tertiary/aromatic N) is 1. The van der Waals surface area contributed by atoms with Crippen molar-refractivity contribution in [3.8, 4) is 11.5 Å². The fourth-order valence-corrected chi connectivity index (χ4v) is 7.70. The molecule has 3 aromatic rings. The van der Waals surface area contributed by atoms with Crippen LogP contribution in [-0.2, 0) is 16.6 Å². The van der Waals surface area contributed by atoms with E-state index in [1.54, 1.807) is 6.07 Å². The number of aliphatic hydroxyl groups is 2. The number of piperidine rings is 1. The van der Waals surface area contributed by atoms with Crippen molar-refractivity contribution in [1.29, 1.82) is 0 Å². The highest BCUT2D eigenvalue weighted by atomic mass is 16.5. The van der Waals surface area contributed by atoms with E-state index in [1.165, 1.54) is 12.8 Å². The van der Waals surface area contributed by atoms with Gasteiger partial charge in [-0.1, -0.05) is 12.1 Å². The smallest absolute Gasteiger partial charge is 0.255 e. The zero-order chi connectivity index (χ0) is 25.1. The molecule has 5 N–H and O–H groups in total. The number of aromatic hydroxyl groups is 1. The monoisotopic (exact) mass is 499 g/mol. The van der Waals surface area contributed by atoms with Crippen molar-refractivity contribution in [3.05, 3.63) is 65.1 Å². The van der Waals surface area contributed by atoms with Gasteiger partial charge in [0.2, 0.25) is 0 Å². The van der Waals surface area contributed by atoms with Gasteiger partial charge in [-0.25, -0.2) is 0 Å². The molecule has 8 rings (SSSR count). The van der Waals surface area contributed by atoms with Crippen LogP contribution in [0, 0.1) is 5.92 Å². The Kier molecular flexibility index (Phi) is 4.13. The Bertz CT molecular complexity index is 1520. The lowest BCUT2D eigenvalue weighted by atomic mass is 9.49. The highest BCUT2D eigenvalue weighted by Gasteiger charge is 2.73. The number of anilines is 1. The number of likely N-dealkylation sites (tertiary alicyclic amines) is 1. The van der Waals surface area contributed by atoms with Gasteiger partial charge >= 0.3 is 0 Å². The molecule has 5 aliphatic rings. The molecular weight excluding hydrogens is 470 g/mol. The number of fused-ring (bicyclic) bond motifs is 1. The van der Waals surface area contributed by atoms with Gasteiger partial charge in [-0.2, -0.15) is 0 Å². The molecule has 190 valence electrons. The molecule has 1 saturated carbocycles. The second-order valence-electron chi connectivity index (χ2n) is 11.5. The lowest BCUT2D eigenvalue weighted by Crippen LogP contribution is -2.75. The molecule has 0 unspecified atom stereocenters. The van der Waals surface area contributed by atoms with Crippen molar-refractivity contribution in [2.24, 2.45) is 5.92 Å². The molecule has 8 nitrogen and oxygen atoms in total. The number of phenols is 1. The number of benzene rings is 2. The van der Waals surface area contributed by atoms with Crippen LogP contribution in [0.2, 0.25) is 0 Å². The highest BCUT2D eigenvalue weighted by Crippen LogP contribution is 2.66. The minimum atomic E-state index is -1.32. The van der Waals surface area contributed by atoms with Crippen LogP contribution in [0.5, 0.6) is 11.5 Å². The quantitative estimate of drug-likeness (QED) is 0.375. The van der Waals surface area contributed by atoms with E-state index < -0.39 is 23.0 Å². The highest BCUT2D eigenvalue weighted by molar-refractivity contribution is 6.05. The second-order valence-corrected chi connectivity index (χ2v) is 11.5. The maximum atomic E-state index is 13.6. The van der Waals surface area contributed by atoms with Crippen LogP contribution in [0.1, 0.15) is 36.8 Å². The third-order valence-electron chi connectivity index (χ3n) is 9.60. The van der Waals surface area contributed by atoms with Crippen molar-refractivity contribution in [1.82, 2.24) is 9.88 Å². The number of hydrogen-bond acceptors (Lipinski definition) is 6. The van der Waals surface area contributed by atoms with Crippen molar-refractivity contribution in [2.45, 2.75) is 55.3 Å². The molecule has 3 aliphatic carbocycles. The summed E-state index contributed by atoms with van der Waals surface area (Å²) in [5, 5.41) is 38.9. The topological polar surface area (TPSA) is 118 Å². The van der Waals surface area contributed by atoms with Crippen LogP contribution in [0.3, 0.4) is 0 Å². The second kappa shape index (κ2) is 7.08. The molecule has 2 aliphatic heterocycles. The van der Waals surface area contributed by atoms with Gasteiger partial charge in [0.15, 0.2) is 17.6 Å². The average molecular weight is 500 g/mol. The minimum Gasteiger partial charge on any atom is -0.508 e. The van der Waals surface area contributed by atoms with Gasteiger partial charge in [-0.3, -0.25) is 9.69 Å². The lowest BCUT2D eigenvalue weighted by Gasteiger charge is -2.62. The van der Waals surface area contributed by atoms with Crippen LogP contribution >= 0.6 is 0 Å². The number of H-pyrrole nitrogens is 1. The fraction of sp³-hybridized carbons (Fsp3) is 0.414. The number of amides is 1. The Labute approximate surface area is 213 Å². The Morgan fingerprint density at radius 3 is 2.89 bits per heavy atom. The van der Waals surface area contributed by atoms with E-state index in [0.29, 0.717) is 30.2 Å². The predicted molar refractivity (Wildman–Crippen MR) is 137 cm³/mol. The zero-order valence-corrected chi connectivity index (χ0v) is 20.3. The van der Waals surface area contributed by atoms with Crippen LogP contribution in [0.4, 0.5) is 5.69 Å². The first-order valence-electron chi connectivity index (χ1n) is 13.2. The molecular formula is C29H29N3O5. The molecule has 1 amide bonds. The summed E-state index contributed by atoms with van der Waals surface area (Å²) in [7, 11) is 0. The zero-order valence-electron chi connectivity index (χ0n) is 20.3. The van der Waals surface area contributed by atoms with Gasteiger partial charge in [0.25, 0.3) is 5.91 Å². The number of nitrogens with one attached hydrogen (secondary N) is 2. The Morgan fingerprint density at radius 2 is 2.05 bits per heavy atom. The maximum Gasteiger partial charge on any atom is 0.255 e. The largest absolute Gasteiger partial charge is 0.508 e. The first-order chi connectivity index (χ1) is 17.9. The van der Waals surface area contributed by atoms with Crippen LogP contribution in [0.15, 0.2) is 53.9 Å². The number of aromatic nitrogens is 1. The molecule has 2 bridgehead atoms. The van der Waals surface area contributed by atoms with E-state index in [0.717, 1.165) is 35.1 Å². The Morgan fingerprint density at radius 1 is 1.19 bits per heavy atom. The number of ether oxygens (including phenoxy) is 1. The molecule has 0 radical (unpaired) electrons. The number of phenolic OH excluding ortho intramolecular Hbond substituents is 1. The van der Waals surface area contributed by atoms with Gasteiger partial charge in [-0.05, 0) is 73.4 Å². The number of hydrogen-bond donors (Lipinski definition) is 5. The Balaban J connectivity index is 1.24. The van der Waals surface area contributed by atoms with E-state index in [9.17, 15) is 20.1 Å². The number of rotatable bonds is 4. The van der Waals surface area contributed by atoms with Crippen molar-refractivity contribution in [3.63, 3.8) is 0 Å². The molecule has 37 heavy (non-hydrogen) atoms. The van der Waals surface area contributed by atoms with Crippen molar-refractivity contribution in [2.75, 3.05) is 18.4 Å². The SMILES string of the molecule is O=C(Nc1ccc2cc[nH]c2c1)C1=C(O)[C@@H]2Oc3c(O)ccc4c3[C@@]23CCN(CC2CC2)[C@H](C4)[C@]3(O)C1. The molecule has 8 heteroatoms. The third-order valence-corrected chi connectivity index (χ3v) is 9.60. The predicted octanol–water partition coefficient (Wildman–Crippen LogP) is 3.50. The first-order valence-corrected chi connectivity index (χ1v) is 13.2. The lowest BCUT2D eigenvalue weighted by molar-refractivity contribution is -0.172. The van der Waals surface area contributed by atoms with Gasteiger partial charge in [0.05, 0.1) is 16.6 Å². The maximum absolute atomic E-state index is 13.6. The minimum absolute atomic E-state index is 0.00165. The molecule has 4 atom stereocenters. The average Bonchev–Trinajstić information content (AvgIpc) is 3.43. The van der Waals surface area contributed by atoms with Gasteiger partial charge < -0.3 is 30.4 Å². The molecule has 1 saturated heterocycles. The van der Waals surface area contributed by atoms with Gasteiger partial charge in [0.1, 0.15) is 5.76 Å². The summed E-state index contributed by atoms with van der Waals surface area (Å²) in [6, 6.07) is 10.9. The van der Waals surface area contributed by atoms with Crippen LogP contribution in [0.25, 0.3) is 10.9 Å². The molecule has 1 aromatic heterocycles. The van der Waals surface area contributed by atoms with Crippen LogP contribution < -0.4 is 10.1 Å². The van der Waals surface area contributed by atoms with E-state index in [1.807, 2.05) is 36.5 Å². The molecule has 2 aromatic carbocycles. The number of aromatic amines is 1. The van der Waals surface area contributed by atoms with Crippen molar-refractivity contribution >= 4 is 22.5 Å². The normalized spacial score (nSPS) is 31.8. The number of carbonyl (C=O) groups excluding carboxylic acids is 1. The van der Waals surface area contributed by atoms with Gasteiger partial charge in [-0.15, -0.1) is 0 Å². The molecule has 2 fully saturated rings. The van der Waals surface area contributed by atoms with Crippen molar-refractivity contribution < 1.29 is 24.9 Å². The van der Waals surface area contributed by atoms with E-state index >= 15 is 0 Å². The fourth-order valence-electron chi connectivity index (χ4n) is 7.70. The van der Waals surface area contributed by atoms with Crippen LogP contribution in [-0.4, -0.2) is 61.9 Å². The van der Waals surface area contributed by atoms with E-state index in [-0.39, 0.29) is 29.5 Å².